The van der Waals surface area contributed by atoms with Crippen molar-refractivity contribution in [3.8, 4) is 11.3 Å². The molecule has 0 bridgehead atoms. The lowest BCUT2D eigenvalue weighted by atomic mass is 9.97. The van der Waals surface area contributed by atoms with Crippen LogP contribution in [0.2, 0.25) is 0 Å². The Balaban J connectivity index is 0.600. The highest BCUT2D eigenvalue weighted by Gasteiger charge is 2.24. The van der Waals surface area contributed by atoms with Gasteiger partial charge in [-0.3, -0.25) is 9.59 Å². The molecule has 0 aliphatic carbocycles. The van der Waals surface area contributed by atoms with E-state index in [9.17, 15) is 9.59 Å². The first-order chi connectivity index (χ1) is 34.7. The van der Waals surface area contributed by atoms with E-state index >= 15 is 0 Å². The molecule has 24 nitrogen and oxygen atoms in total. The second-order valence-corrected chi connectivity index (χ2v) is 16.9. The first-order valence-corrected chi connectivity index (χ1v) is 23.4. The zero-order valence-corrected chi connectivity index (χ0v) is 39.2. The van der Waals surface area contributed by atoms with E-state index in [0.717, 1.165) is 28.7 Å². The van der Waals surface area contributed by atoms with Gasteiger partial charge in [-0.05, 0) is 41.3 Å². The van der Waals surface area contributed by atoms with Crippen LogP contribution in [0.15, 0.2) is 65.7 Å². The number of amides is 2. The molecule has 372 valence electrons. The Morgan fingerprint density at radius 3 is 2.14 bits per heavy atom. The second kappa shape index (κ2) is 22.9. The molecule has 5 aromatic heterocycles. The number of ether oxygens (including phenoxy) is 4. The third kappa shape index (κ3) is 11.9. The SMILES string of the molecule is NCc1cnc(N2CCN(c3ncc(C(=O)NCCOCCOCCOCCOCCC(=O)N4CCc5cc(Cn6nc(-c7ccc8oc(N)nc8c7)c7c(N)ncnc76)ccc5C4)c(N)n3)CC2)nc1. The molecule has 2 aliphatic rings. The minimum Gasteiger partial charge on any atom is -0.424 e. The number of carbonyl (C=O) groups excluding carboxylic acids is 2. The molecule has 71 heavy (non-hydrogen) atoms. The Labute approximate surface area is 408 Å². The summed E-state index contributed by atoms with van der Waals surface area (Å²) in [5.41, 5.74) is 31.6. The molecule has 0 radical (unpaired) electrons. The van der Waals surface area contributed by atoms with Crippen LogP contribution in [-0.2, 0) is 49.8 Å². The van der Waals surface area contributed by atoms with Crippen molar-refractivity contribution in [2.24, 2.45) is 5.73 Å². The molecule has 0 saturated carbocycles. The fourth-order valence-electron chi connectivity index (χ4n) is 8.37. The van der Waals surface area contributed by atoms with Crippen molar-refractivity contribution in [2.75, 3.05) is 119 Å². The number of anilines is 5. The van der Waals surface area contributed by atoms with E-state index in [4.69, 9.17) is 51.4 Å². The number of hydrogen-bond donors (Lipinski definition) is 5. The van der Waals surface area contributed by atoms with Gasteiger partial charge >= 0.3 is 0 Å². The van der Waals surface area contributed by atoms with Crippen LogP contribution in [0.25, 0.3) is 33.4 Å². The van der Waals surface area contributed by atoms with Gasteiger partial charge in [0.25, 0.3) is 11.9 Å². The summed E-state index contributed by atoms with van der Waals surface area (Å²) in [6, 6.07) is 11.9. The van der Waals surface area contributed by atoms with Gasteiger partial charge in [0.15, 0.2) is 11.2 Å². The van der Waals surface area contributed by atoms with E-state index in [-0.39, 0.29) is 42.2 Å². The van der Waals surface area contributed by atoms with E-state index < -0.39 is 0 Å². The summed E-state index contributed by atoms with van der Waals surface area (Å²) in [6.45, 7) is 7.84. The third-order valence-electron chi connectivity index (χ3n) is 12.1. The highest BCUT2D eigenvalue weighted by molar-refractivity contribution is 6.00. The number of nitrogens with one attached hydrogen (secondary N) is 1. The number of fused-ring (bicyclic) bond motifs is 3. The van der Waals surface area contributed by atoms with Gasteiger partial charge in [-0.25, -0.2) is 29.6 Å². The number of nitrogen functional groups attached to an aromatic ring is 3. The number of rotatable bonds is 22. The average Bonchev–Trinajstić information content (AvgIpc) is 3.96. The van der Waals surface area contributed by atoms with E-state index in [1.165, 1.54) is 18.1 Å². The molecule has 0 unspecified atom stereocenters. The fourth-order valence-corrected chi connectivity index (χ4v) is 8.37. The van der Waals surface area contributed by atoms with Crippen molar-refractivity contribution in [1.29, 1.82) is 0 Å². The Bertz CT molecular complexity index is 2940. The molecule has 1 saturated heterocycles. The molecule has 2 aromatic carbocycles. The lowest BCUT2D eigenvalue weighted by Gasteiger charge is -2.34. The molecule has 0 spiro atoms. The summed E-state index contributed by atoms with van der Waals surface area (Å²) in [4.78, 5) is 62.4. The third-order valence-corrected chi connectivity index (χ3v) is 12.1. The van der Waals surface area contributed by atoms with Crippen molar-refractivity contribution < 1.29 is 33.0 Å². The molecule has 2 aliphatic heterocycles. The molecule has 9 N–H and O–H groups in total. The van der Waals surface area contributed by atoms with Gasteiger partial charge in [-0.2, -0.15) is 15.1 Å². The molecule has 7 aromatic rings. The quantitative estimate of drug-likeness (QED) is 0.0602. The molecular formula is C47H57N17O7. The van der Waals surface area contributed by atoms with Crippen molar-refractivity contribution in [1.82, 2.24) is 54.9 Å². The number of aromatic nitrogens is 9. The first-order valence-electron chi connectivity index (χ1n) is 23.4. The maximum atomic E-state index is 13.1. The molecule has 7 heterocycles. The van der Waals surface area contributed by atoms with Crippen molar-refractivity contribution in [3.05, 3.63) is 89.1 Å². The van der Waals surface area contributed by atoms with Crippen molar-refractivity contribution in [3.63, 3.8) is 0 Å². The minimum absolute atomic E-state index is 0.0481. The highest BCUT2D eigenvalue weighted by atomic mass is 16.6. The zero-order valence-electron chi connectivity index (χ0n) is 39.2. The summed E-state index contributed by atoms with van der Waals surface area (Å²) in [5, 5.41) is 8.37. The Morgan fingerprint density at radius 2 is 1.41 bits per heavy atom. The molecule has 1 fully saturated rings. The highest BCUT2D eigenvalue weighted by Crippen LogP contribution is 2.33. The van der Waals surface area contributed by atoms with Gasteiger partial charge in [-0.15, -0.1) is 0 Å². The van der Waals surface area contributed by atoms with E-state index in [1.807, 2.05) is 26.6 Å². The number of piperazine rings is 1. The van der Waals surface area contributed by atoms with Crippen LogP contribution in [0.4, 0.5) is 29.5 Å². The zero-order chi connectivity index (χ0) is 49.1. The standard InChI is InChI=1S/C47H57N17O7/c48-23-31-24-53-46(54-25-31)61-9-11-62(12-10-61)47-55-26-35(41(49)59-47)44(66)52-7-14-68-16-18-70-20-19-69-17-15-67-13-6-38(65)63-8-5-32-21-30(1-2-34(32)28-63)27-64-43-39(42(50)56-29-57-43)40(60-64)33-3-4-37-36(22-33)58-45(51)71-37/h1-4,21-22,24-26,29H,5-20,23,27-28,48H2,(H2,51,58)(H,52,66)(H2,49,55,59)(H2,50,56,57). The number of carbonyl (C=O) groups is 2. The Kier molecular flexibility index (Phi) is 15.6. The Morgan fingerprint density at radius 1 is 0.704 bits per heavy atom. The number of nitrogens with two attached hydrogens (primary N) is 4. The van der Waals surface area contributed by atoms with Gasteiger partial charge in [0, 0.05) is 82.1 Å². The average molecular weight is 972 g/mol. The van der Waals surface area contributed by atoms with E-state index in [0.29, 0.717) is 151 Å². The molecular weight excluding hydrogens is 915 g/mol. The van der Waals surface area contributed by atoms with Gasteiger partial charge < -0.3 is 66.3 Å². The Hall–Kier alpha value is -7.64. The number of nitrogens with zero attached hydrogens (tertiary/aromatic N) is 12. The molecule has 0 atom stereocenters. The van der Waals surface area contributed by atoms with Crippen LogP contribution in [0.1, 0.15) is 39.0 Å². The number of benzene rings is 2. The summed E-state index contributed by atoms with van der Waals surface area (Å²) >= 11 is 0. The lowest BCUT2D eigenvalue weighted by molar-refractivity contribution is -0.133. The summed E-state index contributed by atoms with van der Waals surface area (Å²) < 4.78 is 29.7. The normalized spacial score (nSPS) is 13.8. The number of oxazole rings is 1. The van der Waals surface area contributed by atoms with Crippen LogP contribution in [0.3, 0.4) is 0 Å². The van der Waals surface area contributed by atoms with Crippen molar-refractivity contribution >= 4 is 63.5 Å². The lowest BCUT2D eigenvalue weighted by Crippen LogP contribution is -2.47. The maximum Gasteiger partial charge on any atom is 0.292 e. The topological polar surface area (TPSA) is 318 Å². The summed E-state index contributed by atoms with van der Waals surface area (Å²) in [7, 11) is 0. The van der Waals surface area contributed by atoms with E-state index in [2.05, 4.69) is 63.3 Å². The summed E-state index contributed by atoms with van der Waals surface area (Å²) in [6.07, 6.45) is 7.39. The van der Waals surface area contributed by atoms with Gasteiger partial charge in [0.05, 0.1) is 76.8 Å². The number of hydrogen-bond acceptors (Lipinski definition) is 21. The fraction of sp³-hybridized carbons (Fsp3) is 0.404. The van der Waals surface area contributed by atoms with Gasteiger partial charge in [0.1, 0.15) is 29.2 Å². The smallest absolute Gasteiger partial charge is 0.292 e. The predicted octanol–water partition coefficient (Wildman–Crippen LogP) is 1.57. The second-order valence-electron chi connectivity index (χ2n) is 16.9. The monoisotopic (exact) mass is 971 g/mol. The van der Waals surface area contributed by atoms with Crippen LogP contribution < -0.4 is 38.1 Å². The van der Waals surface area contributed by atoms with Crippen molar-refractivity contribution in [2.45, 2.75) is 32.5 Å². The van der Waals surface area contributed by atoms with Crippen LogP contribution in [-0.4, -0.2) is 154 Å². The van der Waals surface area contributed by atoms with Crippen LogP contribution in [0.5, 0.6) is 0 Å². The van der Waals surface area contributed by atoms with Gasteiger partial charge in [-0.1, -0.05) is 18.2 Å². The molecule has 2 amide bonds. The van der Waals surface area contributed by atoms with Gasteiger partial charge in [0.2, 0.25) is 17.8 Å². The largest absolute Gasteiger partial charge is 0.424 e. The minimum atomic E-state index is -0.378. The van der Waals surface area contributed by atoms with E-state index in [1.54, 1.807) is 18.5 Å². The predicted molar refractivity (Wildman–Crippen MR) is 263 cm³/mol. The molecule has 24 heteroatoms. The molecule has 9 rings (SSSR count). The summed E-state index contributed by atoms with van der Waals surface area (Å²) in [5.74, 6) is 1.23. The first kappa shape index (κ1) is 48.4. The maximum absolute atomic E-state index is 13.1. The van der Waals surface area contributed by atoms with Crippen LogP contribution >= 0.6 is 0 Å². The van der Waals surface area contributed by atoms with Crippen LogP contribution in [0, 0.1) is 0 Å².